The lowest BCUT2D eigenvalue weighted by Gasteiger charge is -2.37. The predicted molar refractivity (Wildman–Crippen MR) is 76.9 cm³/mol. The molecule has 3 nitrogen and oxygen atoms in total. The largest absolute Gasteiger partial charge is 0.478 e. The van der Waals surface area contributed by atoms with Crippen LogP contribution in [0.3, 0.4) is 0 Å². The molecule has 0 aliphatic heterocycles. The number of halogens is 1. The van der Waals surface area contributed by atoms with Gasteiger partial charge in [0.15, 0.2) is 0 Å². The lowest BCUT2D eigenvalue weighted by atomic mass is 9.91. The Kier molecular flexibility index (Phi) is 4.07. The molecule has 1 saturated carbocycles. The number of carboxylic acids is 1. The van der Waals surface area contributed by atoms with Crippen molar-refractivity contribution in [1.82, 2.24) is 0 Å². The van der Waals surface area contributed by atoms with Crippen LogP contribution in [0.2, 0.25) is 0 Å². The van der Waals surface area contributed by atoms with E-state index < -0.39 is 5.97 Å². The summed E-state index contributed by atoms with van der Waals surface area (Å²) in [5.74, 6) is -0.921. The Labute approximate surface area is 115 Å². The smallest absolute Gasteiger partial charge is 0.328 e. The molecule has 0 heterocycles. The van der Waals surface area contributed by atoms with Gasteiger partial charge in [-0.2, -0.15) is 0 Å². The Morgan fingerprint density at radius 2 is 2.22 bits per heavy atom. The molecular weight excluding hydrogens is 294 g/mol. The molecule has 1 N–H and O–H groups in total. The quantitative estimate of drug-likeness (QED) is 0.865. The number of carbonyl (C=O) groups is 1. The highest BCUT2D eigenvalue weighted by molar-refractivity contribution is 9.10. The average molecular weight is 310 g/mol. The van der Waals surface area contributed by atoms with Gasteiger partial charge in [-0.15, -0.1) is 0 Å². The molecule has 0 saturated heterocycles. The SMILES string of the molecule is CN(c1cc(Br)ccc1/C=C/C(=O)O)C1CCC1. The maximum Gasteiger partial charge on any atom is 0.328 e. The number of benzene rings is 1. The topological polar surface area (TPSA) is 40.5 Å². The summed E-state index contributed by atoms with van der Waals surface area (Å²) < 4.78 is 1.01. The van der Waals surface area contributed by atoms with Gasteiger partial charge in [0.25, 0.3) is 0 Å². The summed E-state index contributed by atoms with van der Waals surface area (Å²) >= 11 is 3.47. The molecule has 1 fully saturated rings. The summed E-state index contributed by atoms with van der Waals surface area (Å²) in [7, 11) is 2.07. The Morgan fingerprint density at radius 1 is 1.50 bits per heavy atom. The third kappa shape index (κ3) is 2.93. The van der Waals surface area contributed by atoms with Crippen LogP contribution in [0.15, 0.2) is 28.7 Å². The summed E-state index contributed by atoms with van der Waals surface area (Å²) in [6.45, 7) is 0. The Bertz CT molecular complexity index is 481. The highest BCUT2D eigenvalue weighted by atomic mass is 79.9. The third-order valence-corrected chi connectivity index (χ3v) is 3.89. The lowest BCUT2D eigenvalue weighted by Crippen LogP contribution is -2.37. The van der Waals surface area contributed by atoms with Gasteiger partial charge in [-0.3, -0.25) is 0 Å². The maximum absolute atomic E-state index is 10.6. The van der Waals surface area contributed by atoms with Crippen LogP contribution in [0.4, 0.5) is 5.69 Å². The van der Waals surface area contributed by atoms with Crippen molar-refractivity contribution in [3.63, 3.8) is 0 Å². The van der Waals surface area contributed by atoms with Crippen LogP contribution in [-0.4, -0.2) is 24.2 Å². The van der Waals surface area contributed by atoms with Crippen molar-refractivity contribution in [3.05, 3.63) is 34.3 Å². The maximum atomic E-state index is 10.6. The van der Waals surface area contributed by atoms with Crippen molar-refractivity contribution < 1.29 is 9.90 Å². The van der Waals surface area contributed by atoms with Gasteiger partial charge < -0.3 is 10.0 Å². The van der Waals surface area contributed by atoms with Crippen LogP contribution in [0, 0.1) is 0 Å². The van der Waals surface area contributed by atoms with E-state index >= 15 is 0 Å². The first-order valence-corrected chi connectivity index (χ1v) is 6.80. The van der Waals surface area contributed by atoms with Gasteiger partial charge in [0.05, 0.1) is 0 Å². The Balaban J connectivity index is 2.30. The van der Waals surface area contributed by atoms with E-state index in [9.17, 15) is 4.79 Å². The van der Waals surface area contributed by atoms with Crippen LogP contribution < -0.4 is 4.90 Å². The number of nitrogens with zero attached hydrogens (tertiary/aromatic N) is 1. The third-order valence-electron chi connectivity index (χ3n) is 3.40. The molecule has 1 aromatic rings. The summed E-state index contributed by atoms with van der Waals surface area (Å²) in [4.78, 5) is 12.9. The first kappa shape index (κ1) is 13.1. The molecule has 0 amide bonds. The van der Waals surface area contributed by atoms with E-state index in [1.54, 1.807) is 6.08 Å². The molecule has 0 atom stereocenters. The zero-order valence-electron chi connectivity index (χ0n) is 10.3. The second-order valence-electron chi connectivity index (χ2n) is 4.57. The fraction of sp³-hybridized carbons (Fsp3) is 0.357. The second-order valence-corrected chi connectivity index (χ2v) is 5.49. The first-order chi connectivity index (χ1) is 8.58. The number of aliphatic carboxylic acids is 1. The predicted octanol–water partition coefficient (Wildman–Crippen LogP) is 3.54. The van der Waals surface area contributed by atoms with E-state index in [0.717, 1.165) is 15.7 Å². The van der Waals surface area contributed by atoms with Gasteiger partial charge in [-0.25, -0.2) is 4.79 Å². The normalized spacial score (nSPS) is 15.7. The van der Waals surface area contributed by atoms with E-state index in [1.807, 2.05) is 18.2 Å². The number of hydrogen-bond acceptors (Lipinski definition) is 2. The standard InChI is InChI=1S/C14H16BrNO2/c1-16(12-3-2-4-12)13-9-11(15)7-5-10(13)6-8-14(17)18/h5-9,12H,2-4H2,1H3,(H,17,18)/b8-6+. The van der Waals surface area contributed by atoms with Gasteiger partial charge >= 0.3 is 5.97 Å². The van der Waals surface area contributed by atoms with Crippen molar-refractivity contribution in [2.24, 2.45) is 0 Å². The van der Waals surface area contributed by atoms with Crippen molar-refractivity contribution >= 4 is 33.7 Å². The lowest BCUT2D eigenvalue weighted by molar-refractivity contribution is -0.131. The summed E-state index contributed by atoms with van der Waals surface area (Å²) in [6, 6.07) is 6.49. The minimum atomic E-state index is -0.921. The van der Waals surface area contributed by atoms with Gasteiger partial charge in [-0.05, 0) is 43.0 Å². The van der Waals surface area contributed by atoms with Crippen LogP contribution >= 0.6 is 15.9 Å². The van der Waals surface area contributed by atoms with Crippen LogP contribution in [0.5, 0.6) is 0 Å². The summed E-state index contributed by atoms with van der Waals surface area (Å²) in [6.07, 6.45) is 6.54. The van der Waals surface area contributed by atoms with Crippen LogP contribution in [0.1, 0.15) is 24.8 Å². The first-order valence-electron chi connectivity index (χ1n) is 6.01. The van der Waals surface area contributed by atoms with Crippen LogP contribution in [0.25, 0.3) is 6.08 Å². The Hall–Kier alpha value is -1.29. The molecule has 96 valence electrons. The molecule has 1 aromatic carbocycles. The molecule has 1 aliphatic rings. The van der Waals surface area contributed by atoms with E-state index in [0.29, 0.717) is 6.04 Å². The van der Waals surface area contributed by atoms with E-state index in [4.69, 9.17) is 5.11 Å². The minimum absolute atomic E-state index is 0.580. The zero-order valence-corrected chi connectivity index (χ0v) is 11.9. The molecule has 4 heteroatoms. The molecule has 0 spiro atoms. The molecule has 0 aromatic heterocycles. The molecule has 2 rings (SSSR count). The van der Waals surface area contributed by atoms with Gasteiger partial charge in [0.2, 0.25) is 0 Å². The second kappa shape index (κ2) is 5.57. The van der Waals surface area contributed by atoms with Crippen molar-refractivity contribution in [2.45, 2.75) is 25.3 Å². The zero-order chi connectivity index (χ0) is 13.1. The number of carboxylic acid groups (broad SMARTS) is 1. The van der Waals surface area contributed by atoms with E-state index in [-0.39, 0.29) is 0 Å². The fourth-order valence-corrected chi connectivity index (χ4v) is 2.44. The highest BCUT2D eigenvalue weighted by Gasteiger charge is 2.23. The monoisotopic (exact) mass is 309 g/mol. The molecule has 0 radical (unpaired) electrons. The fourth-order valence-electron chi connectivity index (χ4n) is 2.09. The number of rotatable bonds is 4. The highest BCUT2D eigenvalue weighted by Crippen LogP contribution is 2.32. The molecule has 1 aliphatic carbocycles. The minimum Gasteiger partial charge on any atom is -0.478 e. The van der Waals surface area contributed by atoms with E-state index in [1.165, 1.54) is 25.3 Å². The van der Waals surface area contributed by atoms with Gasteiger partial charge in [0.1, 0.15) is 0 Å². The molecule has 0 bridgehead atoms. The average Bonchev–Trinajstić information content (AvgIpc) is 2.24. The number of hydrogen-bond donors (Lipinski definition) is 1. The van der Waals surface area contributed by atoms with Crippen molar-refractivity contribution in [1.29, 1.82) is 0 Å². The van der Waals surface area contributed by atoms with Gasteiger partial charge in [-0.1, -0.05) is 22.0 Å². The summed E-state index contributed by atoms with van der Waals surface area (Å²) in [5.41, 5.74) is 2.02. The van der Waals surface area contributed by atoms with Crippen molar-refractivity contribution in [3.8, 4) is 0 Å². The molecule has 18 heavy (non-hydrogen) atoms. The molecule has 0 unspecified atom stereocenters. The molecular formula is C14H16BrNO2. The van der Waals surface area contributed by atoms with Crippen LogP contribution in [-0.2, 0) is 4.79 Å². The van der Waals surface area contributed by atoms with Gasteiger partial charge in [0, 0.05) is 29.3 Å². The van der Waals surface area contributed by atoms with E-state index in [2.05, 4.69) is 27.9 Å². The Morgan fingerprint density at radius 3 is 2.78 bits per heavy atom. The number of anilines is 1. The summed E-state index contributed by atoms with van der Waals surface area (Å²) in [5, 5.41) is 8.72. The van der Waals surface area contributed by atoms with Crippen molar-refractivity contribution in [2.75, 3.05) is 11.9 Å².